The fourth-order valence-electron chi connectivity index (χ4n) is 3.93. The lowest BCUT2D eigenvalue weighted by Gasteiger charge is -2.32. The molecule has 3 aromatic rings. The monoisotopic (exact) mass is 401 g/mol. The molecule has 7 heteroatoms. The number of halogens is 3. The molecule has 1 aliphatic rings. The van der Waals surface area contributed by atoms with E-state index >= 15 is 0 Å². The van der Waals surface area contributed by atoms with Gasteiger partial charge in [0, 0.05) is 36.7 Å². The maximum absolute atomic E-state index is 12.6. The highest BCUT2D eigenvalue weighted by atomic mass is 19.4. The van der Waals surface area contributed by atoms with Crippen molar-refractivity contribution in [3.63, 3.8) is 0 Å². The first-order valence-corrected chi connectivity index (χ1v) is 9.67. The molecular formula is C22H22F3N3O. The smallest absolute Gasteiger partial charge is 0.361 e. The zero-order chi connectivity index (χ0) is 20.4. The summed E-state index contributed by atoms with van der Waals surface area (Å²) in [5.74, 6) is 0.408. The lowest BCUT2D eigenvalue weighted by atomic mass is 9.89. The Morgan fingerprint density at radius 1 is 1.07 bits per heavy atom. The third-order valence-electron chi connectivity index (χ3n) is 5.57. The first kappa shape index (κ1) is 19.4. The number of amides is 2. The van der Waals surface area contributed by atoms with E-state index in [2.05, 4.69) is 28.6 Å². The number of aromatic nitrogens is 1. The molecular weight excluding hydrogens is 379 g/mol. The molecule has 0 radical (unpaired) electrons. The number of likely N-dealkylation sites (tertiary alicyclic amines) is 1. The normalized spacial score (nSPS) is 15.6. The van der Waals surface area contributed by atoms with Gasteiger partial charge in [0.2, 0.25) is 0 Å². The number of benzene rings is 2. The van der Waals surface area contributed by atoms with Gasteiger partial charge in [-0.05, 0) is 48.1 Å². The average molecular weight is 401 g/mol. The summed E-state index contributed by atoms with van der Waals surface area (Å²) < 4.78 is 37.9. The molecule has 1 aromatic heterocycles. The number of nitrogens with one attached hydrogen (secondary N) is 2. The SMILES string of the molecule is O=C(NCc1ccc(C(F)(F)F)cc1)N1CCC(c2c[nH]c3ccccc23)CC1. The summed E-state index contributed by atoms with van der Waals surface area (Å²) in [6.45, 7) is 1.52. The lowest BCUT2D eigenvalue weighted by molar-refractivity contribution is -0.137. The van der Waals surface area contributed by atoms with Crippen LogP contribution in [0.4, 0.5) is 18.0 Å². The molecule has 1 saturated heterocycles. The highest BCUT2D eigenvalue weighted by Gasteiger charge is 2.30. The number of H-pyrrole nitrogens is 1. The lowest BCUT2D eigenvalue weighted by Crippen LogP contribution is -2.43. The molecule has 0 spiro atoms. The molecule has 29 heavy (non-hydrogen) atoms. The van der Waals surface area contributed by atoms with E-state index in [1.807, 2.05) is 12.1 Å². The molecule has 152 valence electrons. The summed E-state index contributed by atoms with van der Waals surface area (Å²) in [5, 5.41) is 4.04. The van der Waals surface area contributed by atoms with Crippen LogP contribution in [0.15, 0.2) is 54.7 Å². The van der Waals surface area contributed by atoms with Gasteiger partial charge in [0.1, 0.15) is 0 Å². The summed E-state index contributed by atoms with van der Waals surface area (Å²) in [4.78, 5) is 17.5. The number of carbonyl (C=O) groups excluding carboxylic acids is 1. The molecule has 2 amide bonds. The molecule has 4 rings (SSSR count). The van der Waals surface area contributed by atoms with E-state index in [9.17, 15) is 18.0 Å². The minimum Gasteiger partial charge on any atom is -0.361 e. The maximum Gasteiger partial charge on any atom is 0.416 e. The van der Waals surface area contributed by atoms with Gasteiger partial charge < -0.3 is 15.2 Å². The molecule has 0 unspecified atom stereocenters. The second-order valence-corrected chi connectivity index (χ2v) is 7.40. The number of hydrogen-bond donors (Lipinski definition) is 2. The number of para-hydroxylation sites is 1. The summed E-state index contributed by atoms with van der Waals surface area (Å²) >= 11 is 0. The highest BCUT2D eigenvalue weighted by molar-refractivity contribution is 5.83. The van der Waals surface area contributed by atoms with Crippen LogP contribution in [0.25, 0.3) is 10.9 Å². The Hall–Kier alpha value is -2.96. The Morgan fingerprint density at radius 2 is 1.76 bits per heavy atom. The number of piperidine rings is 1. The van der Waals surface area contributed by atoms with Crippen LogP contribution in [0.3, 0.4) is 0 Å². The molecule has 2 aromatic carbocycles. The van der Waals surface area contributed by atoms with Crippen molar-refractivity contribution in [2.24, 2.45) is 0 Å². The number of nitrogens with zero attached hydrogens (tertiary/aromatic N) is 1. The van der Waals surface area contributed by atoms with Gasteiger partial charge in [0.15, 0.2) is 0 Å². The predicted molar refractivity (Wildman–Crippen MR) is 106 cm³/mol. The number of hydrogen-bond acceptors (Lipinski definition) is 1. The average Bonchev–Trinajstić information content (AvgIpc) is 3.16. The second kappa shape index (κ2) is 7.81. The molecule has 0 aliphatic carbocycles. The molecule has 2 N–H and O–H groups in total. The number of carbonyl (C=O) groups is 1. The first-order valence-electron chi connectivity index (χ1n) is 9.67. The van der Waals surface area contributed by atoms with Gasteiger partial charge in [0.05, 0.1) is 5.56 Å². The van der Waals surface area contributed by atoms with Crippen molar-refractivity contribution in [2.75, 3.05) is 13.1 Å². The number of fused-ring (bicyclic) bond motifs is 1. The maximum atomic E-state index is 12.6. The summed E-state index contributed by atoms with van der Waals surface area (Å²) in [7, 11) is 0. The van der Waals surface area contributed by atoms with Gasteiger partial charge in [-0.25, -0.2) is 4.79 Å². The van der Waals surface area contributed by atoms with E-state index in [0.29, 0.717) is 24.6 Å². The van der Waals surface area contributed by atoms with Crippen molar-refractivity contribution in [1.82, 2.24) is 15.2 Å². The van der Waals surface area contributed by atoms with Crippen LogP contribution in [-0.2, 0) is 12.7 Å². The van der Waals surface area contributed by atoms with Crippen molar-refractivity contribution in [1.29, 1.82) is 0 Å². The predicted octanol–water partition coefficient (Wildman–Crippen LogP) is 5.28. The summed E-state index contributed by atoms with van der Waals surface area (Å²) in [6.07, 6.45) is -0.516. The van der Waals surface area contributed by atoms with E-state index in [0.717, 1.165) is 30.5 Å². The van der Waals surface area contributed by atoms with Crippen molar-refractivity contribution >= 4 is 16.9 Å². The van der Waals surface area contributed by atoms with Crippen LogP contribution in [0, 0.1) is 0 Å². The van der Waals surface area contributed by atoms with Crippen LogP contribution in [0.5, 0.6) is 0 Å². The van der Waals surface area contributed by atoms with Crippen LogP contribution in [0.1, 0.15) is 35.4 Å². The third-order valence-corrected chi connectivity index (χ3v) is 5.57. The molecule has 4 nitrogen and oxygen atoms in total. The van der Waals surface area contributed by atoms with E-state index in [-0.39, 0.29) is 12.6 Å². The summed E-state index contributed by atoms with van der Waals surface area (Å²) in [6, 6.07) is 12.9. The van der Waals surface area contributed by atoms with Crippen molar-refractivity contribution in [3.8, 4) is 0 Å². The Balaban J connectivity index is 1.30. The van der Waals surface area contributed by atoms with E-state index in [1.54, 1.807) is 4.90 Å². The molecule has 1 fully saturated rings. The topological polar surface area (TPSA) is 48.1 Å². The van der Waals surface area contributed by atoms with Crippen LogP contribution < -0.4 is 5.32 Å². The second-order valence-electron chi connectivity index (χ2n) is 7.40. The Labute approximate surface area is 166 Å². The van der Waals surface area contributed by atoms with Gasteiger partial charge in [-0.1, -0.05) is 30.3 Å². The van der Waals surface area contributed by atoms with Gasteiger partial charge in [0.25, 0.3) is 0 Å². The largest absolute Gasteiger partial charge is 0.416 e. The number of aromatic amines is 1. The Morgan fingerprint density at radius 3 is 2.45 bits per heavy atom. The van der Waals surface area contributed by atoms with Gasteiger partial charge in [-0.15, -0.1) is 0 Å². The minimum atomic E-state index is -4.35. The van der Waals surface area contributed by atoms with Gasteiger partial charge >= 0.3 is 12.2 Å². The minimum absolute atomic E-state index is 0.178. The molecule has 1 aliphatic heterocycles. The molecule has 0 bridgehead atoms. The standard InChI is InChI=1S/C22H22F3N3O/c23-22(24,25)17-7-5-15(6-8-17)13-27-21(29)28-11-9-16(10-12-28)19-14-26-20-4-2-1-3-18(19)20/h1-8,14,16,26H,9-13H2,(H,27,29). The Bertz CT molecular complexity index is 986. The number of alkyl halides is 3. The zero-order valence-electron chi connectivity index (χ0n) is 15.8. The quantitative estimate of drug-likeness (QED) is 0.617. The molecule has 2 heterocycles. The Kier molecular flexibility index (Phi) is 5.22. The van der Waals surface area contributed by atoms with Crippen molar-refractivity contribution < 1.29 is 18.0 Å². The van der Waals surface area contributed by atoms with Gasteiger partial charge in [-0.3, -0.25) is 0 Å². The fourth-order valence-corrected chi connectivity index (χ4v) is 3.93. The van der Waals surface area contributed by atoms with Crippen molar-refractivity contribution in [2.45, 2.75) is 31.5 Å². The summed E-state index contributed by atoms with van der Waals surface area (Å²) in [5.41, 5.74) is 2.37. The van der Waals surface area contributed by atoms with Crippen molar-refractivity contribution in [3.05, 3.63) is 71.4 Å². The van der Waals surface area contributed by atoms with E-state index in [4.69, 9.17) is 0 Å². The van der Waals surface area contributed by atoms with Crippen LogP contribution in [0.2, 0.25) is 0 Å². The third kappa shape index (κ3) is 4.23. The van der Waals surface area contributed by atoms with E-state index in [1.165, 1.54) is 23.1 Å². The number of urea groups is 1. The zero-order valence-corrected chi connectivity index (χ0v) is 15.8. The fraction of sp³-hybridized carbons (Fsp3) is 0.318. The van der Waals surface area contributed by atoms with Crippen LogP contribution >= 0.6 is 0 Å². The van der Waals surface area contributed by atoms with Crippen LogP contribution in [-0.4, -0.2) is 29.0 Å². The highest BCUT2D eigenvalue weighted by Crippen LogP contribution is 2.33. The van der Waals surface area contributed by atoms with E-state index < -0.39 is 11.7 Å². The first-order chi connectivity index (χ1) is 13.9. The molecule has 0 atom stereocenters. The van der Waals surface area contributed by atoms with Gasteiger partial charge in [-0.2, -0.15) is 13.2 Å². The number of rotatable bonds is 3. The molecule has 0 saturated carbocycles.